The summed E-state index contributed by atoms with van der Waals surface area (Å²) in [6.07, 6.45) is 0. The third-order valence-electron chi connectivity index (χ3n) is 3.30. The molecule has 0 bridgehead atoms. The van der Waals surface area contributed by atoms with Gasteiger partial charge in [-0.3, -0.25) is 9.59 Å². The van der Waals surface area contributed by atoms with Gasteiger partial charge in [0, 0.05) is 5.56 Å². The van der Waals surface area contributed by atoms with E-state index in [-0.39, 0.29) is 28.7 Å². The molecule has 0 saturated heterocycles. The molecule has 1 rings (SSSR count). The molecule has 0 fully saturated rings. The first-order chi connectivity index (χ1) is 11.7. The molecule has 9 nitrogen and oxygen atoms in total. The van der Waals surface area contributed by atoms with Gasteiger partial charge in [-0.15, -0.1) is 0 Å². The Morgan fingerprint density at radius 3 is 2.04 bits per heavy atom. The highest BCUT2D eigenvalue weighted by atomic mass is 16.5. The highest BCUT2D eigenvalue weighted by molar-refractivity contribution is 5.97. The average Bonchev–Trinajstić information content (AvgIpc) is 2.55. The predicted octanol–water partition coefficient (Wildman–Crippen LogP) is 0.407. The van der Waals surface area contributed by atoms with E-state index in [1.54, 1.807) is 13.8 Å². The molecule has 4 N–H and O–H groups in total. The number of hydrogen-bond acceptors (Lipinski definition) is 6. The highest BCUT2D eigenvalue weighted by Gasteiger charge is 2.25. The van der Waals surface area contributed by atoms with E-state index in [0.717, 1.165) is 0 Å². The lowest BCUT2D eigenvalue weighted by Gasteiger charge is -2.19. The van der Waals surface area contributed by atoms with Crippen molar-refractivity contribution in [2.24, 2.45) is 11.7 Å². The van der Waals surface area contributed by atoms with Crippen LogP contribution in [0.5, 0.6) is 17.2 Å². The van der Waals surface area contributed by atoms with Gasteiger partial charge in [0.05, 0.1) is 14.2 Å². The van der Waals surface area contributed by atoms with Crippen molar-refractivity contribution in [3.63, 3.8) is 0 Å². The van der Waals surface area contributed by atoms with Gasteiger partial charge in [0.25, 0.3) is 11.8 Å². The Hall–Kier alpha value is -2.97. The lowest BCUT2D eigenvalue weighted by Crippen LogP contribution is -2.44. The fourth-order valence-corrected chi connectivity index (χ4v) is 2.03. The zero-order valence-corrected chi connectivity index (χ0v) is 14.5. The highest BCUT2D eigenvalue weighted by Crippen LogP contribution is 2.38. The van der Waals surface area contributed by atoms with Crippen molar-refractivity contribution < 1.29 is 33.7 Å². The van der Waals surface area contributed by atoms with Crippen molar-refractivity contribution in [2.75, 3.05) is 20.8 Å². The van der Waals surface area contributed by atoms with Crippen molar-refractivity contribution in [1.82, 2.24) is 5.32 Å². The van der Waals surface area contributed by atoms with Gasteiger partial charge in [-0.25, -0.2) is 4.79 Å². The van der Waals surface area contributed by atoms with E-state index in [1.165, 1.54) is 26.4 Å². The van der Waals surface area contributed by atoms with Crippen LogP contribution in [0, 0.1) is 5.92 Å². The summed E-state index contributed by atoms with van der Waals surface area (Å²) < 4.78 is 15.6. The maximum absolute atomic E-state index is 12.4. The second kappa shape index (κ2) is 8.76. The molecule has 0 aromatic heterocycles. The molecule has 25 heavy (non-hydrogen) atoms. The first-order valence-corrected chi connectivity index (χ1v) is 7.42. The molecule has 0 unspecified atom stereocenters. The number of hydrogen-bond donors (Lipinski definition) is 3. The van der Waals surface area contributed by atoms with Crippen LogP contribution < -0.4 is 25.3 Å². The smallest absolute Gasteiger partial charge is 0.326 e. The molecule has 0 radical (unpaired) electrons. The number of nitrogens with one attached hydrogen (secondary N) is 1. The minimum atomic E-state index is -1.14. The van der Waals surface area contributed by atoms with Gasteiger partial charge in [0.15, 0.2) is 18.1 Å². The number of ether oxygens (including phenoxy) is 3. The molecule has 0 heterocycles. The summed E-state index contributed by atoms with van der Waals surface area (Å²) in [5.41, 5.74) is 5.17. The zero-order chi connectivity index (χ0) is 19.1. The Labute approximate surface area is 145 Å². The Bertz CT molecular complexity index is 633. The zero-order valence-electron chi connectivity index (χ0n) is 14.5. The van der Waals surface area contributed by atoms with Crippen molar-refractivity contribution in [3.05, 3.63) is 17.7 Å². The van der Waals surface area contributed by atoms with Crippen LogP contribution in [0.3, 0.4) is 0 Å². The van der Waals surface area contributed by atoms with Gasteiger partial charge in [-0.2, -0.15) is 0 Å². The van der Waals surface area contributed by atoms with Crippen molar-refractivity contribution >= 4 is 17.8 Å². The maximum atomic E-state index is 12.4. The molecule has 0 saturated carbocycles. The largest absolute Gasteiger partial charge is 0.493 e. The number of benzene rings is 1. The second-order valence-electron chi connectivity index (χ2n) is 5.50. The molecule has 0 aliphatic heterocycles. The number of methoxy groups -OCH3 is 2. The van der Waals surface area contributed by atoms with Crippen LogP contribution in [0.4, 0.5) is 0 Å². The standard InChI is InChI=1S/C16H22N2O7/c1-8(2)13(16(21)22)18-15(20)9-5-10(23-3)14(11(6-9)24-4)25-7-12(17)19/h5-6,8,13H,7H2,1-4H3,(H2,17,19)(H,18,20)(H,21,22)/t13-/m1/s1. The number of carbonyl (C=O) groups excluding carboxylic acids is 2. The third-order valence-corrected chi connectivity index (χ3v) is 3.30. The normalized spacial score (nSPS) is 11.6. The number of rotatable bonds is 9. The summed E-state index contributed by atoms with van der Waals surface area (Å²) in [7, 11) is 2.70. The van der Waals surface area contributed by atoms with Gasteiger partial charge in [-0.1, -0.05) is 13.8 Å². The third kappa shape index (κ3) is 5.27. The molecule has 9 heteroatoms. The number of primary amides is 1. The summed E-state index contributed by atoms with van der Waals surface area (Å²) in [5.74, 6) is -2.35. The number of carbonyl (C=O) groups is 3. The Kier molecular flexibility index (Phi) is 7.04. The van der Waals surface area contributed by atoms with Crippen LogP contribution in [0.1, 0.15) is 24.2 Å². The van der Waals surface area contributed by atoms with E-state index in [9.17, 15) is 19.5 Å². The van der Waals surface area contributed by atoms with Crippen LogP contribution in [-0.2, 0) is 9.59 Å². The first kappa shape index (κ1) is 20.1. The monoisotopic (exact) mass is 354 g/mol. The lowest BCUT2D eigenvalue weighted by atomic mass is 10.0. The summed E-state index contributed by atoms with van der Waals surface area (Å²) >= 11 is 0. The Morgan fingerprint density at radius 2 is 1.68 bits per heavy atom. The molecule has 1 aromatic rings. The average molecular weight is 354 g/mol. The van der Waals surface area contributed by atoms with Crippen molar-refractivity contribution in [1.29, 1.82) is 0 Å². The van der Waals surface area contributed by atoms with E-state index < -0.39 is 30.4 Å². The molecule has 1 atom stereocenters. The minimum absolute atomic E-state index is 0.110. The molecule has 0 aliphatic rings. The molecular weight excluding hydrogens is 332 g/mol. The predicted molar refractivity (Wildman–Crippen MR) is 88.0 cm³/mol. The Morgan fingerprint density at radius 1 is 1.16 bits per heavy atom. The lowest BCUT2D eigenvalue weighted by molar-refractivity contribution is -0.140. The summed E-state index contributed by atoms with van der Waals surface area (Å²) in [4.78, 5) is 34.5. The second-order valence-corrected chi connectivity index (χ2v) is 5.50. The fraction of sp³-hybridized carbons (Fsp3) is 0.438. The van der Waals surface area contributed by atoms with Crippen LogP contribution in [0.15, 0.2) is 12.1 Å². The van der Waals surface area contributed by atoms with E-state index in [0.29, 0.717) is 0 Å². The topological polar surface area (TPSA) is 137 Å². The molecule has 0 spiro atoms. The summed E-state index contributed by atoms with van der Waals surface area (Å²) in [6.45, 7) is 2.97. The Balaban J connectivity index is 3.17. The molecule has 2 amide bonds. The van der Waals surface area contributed by atoms with Crippen LogP contribution in [-0.4, -0.2) is 49.8 Å². The number of carboxylic acid groups (broad SMARTS) is 1. The van der Waals surface area contributed by atoms with E-state index in [4.69, 9.17) is 19.9 Å². The van der Waals surface area contributed by atoms with Gasteiger partial charge < -0.3 is 30.4 Å². The maximum Gasteiger partial charge on any atom is 0.326 e. The number of nitrogens with two attached hydrogens (primary N) is 1. The molecule has 0 aliphatic carbocycles. The van der Waals surface area contributed by atoms with Crippen LogP contribution in [0.2, 0.25) is 0 Å². The van der Waals surface area contributed by atoms with Gasteiger partial charge in [-0.05, 0) is 18.1 Å². The van der Waals surface area contributed by atoms with E-state index in [2.05, 4.69) is 5.32 Å². The SMILES string of the molecule is COc1cc(C(=O)N[C@@H](C(=O)O)C(C)C)cc(OC)c1OCC(N)=O. The minimum Gasteiger partial charge on any atom is -0.493 e. The van der Waals surface area contributed by atoms with E-state index >= 15 is 0 Å². The molecule has 138 valence electrons. The van der Waals surface area contributed by atoms with Gasteiger partial charge in [0.2, 0.25) is 5.75 Å². The van der Waals surface area contributed by atoms with Crippen molar-refractivity contribution in [2.45, 2.75) is 19.9 Å². The molecule has 1 aromatic carbocycles. The first-order valence-electron chi connectivity index (χ1n) is 7.42. The number of amides is 2. The van der Waals surface area contributed by atoms with Crippen LogP contribution in [0.25, 0.3) is 0 Å². The quantitative estimate of drug-likeness (QED) is 0.584. The number of carboxylic acids is 1. The van der Waals surface area contributed by atoms with E-state index in [1.807, 2.05) is 0 Å². The van der Waals surface area contributed by atoms with Crippen LogP contribution >= 0.6 is 0 Å². The fourth-order valence-electron chi connectivity index (χ4n) is 2.03. The van der Waals surface area contributed by atoms with Gasteiger partial charge in [0.1, 0.15) is 6.04 Å². The van der Waals surface area contributed by atoms with Crippen molar-refractivity contribution in [3.8, 4) is 17.2 Å². The summed E-state index contributed by atoms with van der Waals surface area (Å²) in [6, 6.07) is 1.66. The van der Waals surface area contributed by atoms with Gasteiger partial charge >= 0.3 is 5.97 Å². The molecular formula is C16H22N2O7. The number of aliphatic carboxylic acids is 1. The summed E-state index contributed by atoms with van der Waals surface area (Å²) in [5, 5.41) is 11.6.